The summed E-state index contributed by atoms with van der Waals surface area (Å²) in [5, 5.41) is 12.7. The van der Waals surface area contributed by atoms with E-state index in [2.05, 4.69) is 18.8 Å². The lowest BCUT2D eigenvalue weighted by Crippen LogP contribution is -2.63. The van der Waals surface area contributed by atoms with Gasteiger partial charge >= 0.3 is 0 Å². The Kier molecular flexibility index (Phi) is 6.58. The summed E-state index contributed by atoms with van der Waals surface area (Å²) >= 11 is 1.41. The first-order valence-electron chi connectivity index (χ1n) is 16.1. The number of fused-ring (bicyclic) bond motifs is 8. The summed E-state index contributed by atoms with van der Waals surface area (Å²) < 4.78 is 13.8. The first-order valence-corrected chi connectivity index (χ1v) is 17.0. The van der Waals surface area contributed by atoms with Crippen LogP contribution in [0.4, 0.5) is 0 Å². The minimum absolute atomic E-state index is 0.00576. The van der Waals surface area contributed by atoms with Crippen LogP contribution in [-0.4, -0.2) is 56.5 Å². The molecule has 1 N–H and O–H groups in total. The molecule has 5 fully saturated rings. The molecule has 8 rings (SSSR count). The van der Waals surface area contributed by atoms with Gasteiger partial charge in [0.15, 0.2) is 23.5 Å². The maximum absolute atomic E-state index is 14.7. The topological polar surface area (TPSA) is 98.6 Å². The average molecular weight is 601 g/mol. The molecule has 4 saturated carbocycles. The highest BCUT2D eigenvalue weighted by atomic mass is 32.2. The first-order chi connectivity index (χ1) is 20.7. The van der Waals surface area contributed by atoms with Crippen LogP contribution in [0.3, 0.4) is 0 Å². The van der Waals surface area contributed by atoms with E-state index in [4.69, 9.17) is 14.5 Å². The van der Waals surface area contributed by atoms with E-state index in [1.54, 1.807) is 18.3 Å². The highest BCUT2D eigenvalue weighted by Crippen LogP contribution is 2.70. The van der Waals surface area contributed by atoms with Crippen LogP contribution < -0.4 is 0 Å². The molecule has 5 aliphatic carbocycles. The lowest BCUT2D eigenvalue weighted by Gasteiger charge is -2.59. The van der Waals surface area contributed by atoms with Crippen molar-refractivity contribution in [1.29, 1.82) is 0 Å². The number of allylic oxidation sites excluding steroid dienone is 4. The Balaban J connectivity index is 1.13. The molecule has 6 aliphatic rings. The monoisotopic (exact) mass is 600 g/mol. The van der Waals surface area contributed by atoms with Gasteiger partial charge in [-0.2, -0.15) is 0 Å². The summed E-state index contributed by atoms with van der Waals surface area (Å²) in [5.41, 5.74) is 0.745. The molecule has 9 atom stereocenters. The van der Waals surface area contributed by atoms with Gasteiger partial charge in [-0.3, -0.25) is 14.6 Å². The normalized spacial score (nSPS) is 41.9. The fourth-order valence-electron chi connectivity index (χ4n) is 10.3. The number of thioether (sulfide) groups is 1. The van der Waals surface area contributed by atoms with E-state index in [1.165, 1.54) is 24.6 Å². The van der Waals surface area contributed by atoms with Crippen LogP contribution in [0.2, 0.25) is 0 Å². The molecule has 43 heavy (non-hydrogen) atoms. The third kappa shape index (κ3) is 4.05. The van der Waals surface area contributed by atoms with Gasteiger partial charge in [0.05, 0.1) is 35.2 Å². The smallest absolute Gasteiger partial charge is 0.178 e. The number of ketones is 2. The lowest BCUT2D eigenvalue weighted by atomic mass is 9.46. The summed E-state index contributed by atoms with van der Waals surface area (Å²) in [6.07, 6.45) is 13.4. The van der Waals surface area contributed by atoms with Gasteiger partial charge < -0.3 is 14.6 Å². The van der Waals surface area contributed by atoms with Crippen molar-refractivity contribution in [3.05, 3.63) is 54.3 Å². The van der Waals surface area contributed by atoms with E-state index in [-0.39, 0.29) is 52.9 Å². The predicted octanol–water partition coefficient (Wildman–Crippen LogP) is 5.85. The number of aliphatic hydroxyl groups is 1. The van der Waals surface area contributed by atoms with Crippen LogP contribution in [-0.2, 0) is 19.1 Å². The number of aromatic nitrogens is 2. The van der Waals surface area contributed by atoms with Gasteiger partial charge in [-0.1, -0.05) is 62.2 Å². The van der Waals surface area contributed by atoms with E-state index in [1.807, 2.05) is 30.3 Å². The number of aliphatic hydroxyl groups excluding tert-OH is 1. The fraction of sp³-hybridized carbons (Fsp3) is 0.600. The summed E-state index contributed by atoms with van der Waals surface area (Å²) in [6.45, 7) is 4.38. The van der Waals surface area contributed by atoms with Crippen molar-refractivity contribution < 1.29 is 24.2 Å². The SMILES string of the molecule is CC12C=CC(=O)C=C1CCC1C2C(O)CC2(C)C1C[C@H]1OC(C3CCCC3)O[C@]12C(=O)CSc1cnc2ccccc2n1. The van der Waals surface area contributed by atoms with Crippen LogP contribution in [0.15, 0.2) is 59.3 Å². The van der Waals surface area contributed by atoms with E-state index in [0.717, 1.165) is 48.7 Å². The van der Waals surface area contributed by atoms with E-state index in [0.29, 0.717) is 17.4 Å². The fourth-order valence-corrected chi connectivity index (χ4v) is 11.1. The van der Waals surface area contributed by atoms with E-state index < -0.39 is 17.1 Å². The van der Waals surface area contributed by atoms with Crippen LogP contribution in [0, 0.1) is 34.5 Å². The average Bonchev–Trinajstić information content (AvgIpc) is 3.71. The molecule has 1 aromatic carbocycles. The Bertz CT molecular complexity index is 1550. The molecule has 226 valence electrons. The molecule has 2 heterocycles. The van der Waals surface area contributed by atoms with Crippen molar-refractivity contribution in [1.82, 2.24) is 9.97 Å². The van der Waals surface area contributed by atoms with Crippen LogP contribution in [0.5, 0.6) is 0 Å². The second-order valence-electron chi connectivity index (χ2n) is 14.2. The number of nitrogens with zero attached hydrogens (tertiary/aromatic N) is 2. The minimum Gasteiger partial charge on any atom is -0.393 e. The van der Waals surface area contributed by atoms with Crippen LogP contribution in [0.1, 0.15) is 65.2 Å². The minimum atomic E-state index is -1.11. The molecule has 0 bridgehead atoms. The van der Waals surface area contributed by atoms with Gasteiger partial charge in [0.1, 0.15) is 5.03 Å². The number of Topliss-reactive ketones (excluding diaryl/α,β-unsaturated/α-hetero) is 1. The molecule has 0 radical (unpaired) electrons. The molecule has 1 aliphatic heterocycles. The summed E-state index contributed by atoms with van der Waals surface area (Å²) in [4.78, 5) is 36.2. The number of rotatable bonds is 5. The van der Waals surface area contributed by atoms with Crippen molar-refractivity contribution in [2.45, 2.75) is 94.3 Å². The Morgan fingerprint density at radius 3 is 2.74 bits per heavy atom. The molecule has 1 saturated heterocycles. The number of para-hydroxylation sites is 2. The van der Waals surface area contributed by atoms with Crippen molar-refractivity contribution in [2.75, 3.05) is 5.75 Å². The Morgan fingerprint density at radius 1 is 1.14 bits per heavy atom. The number of hydrogen-bond acceptors (Lipinski definition) is 8. The molecular formula is C35H40N2O5S. The van der Waals surface area contributed by atoms with Crippen molar-refractivity contribution in [3.8, 4) is 0 Å². The number of benzene rings is 1. The maximum atomic E-state index is 14.7. The first kappa shape index (κ1) is 28.1. The Labute approximate surface area is 256 Å². The van der Waals surface area contributed by atoms with Gasteiger partial charge in [-0.15, -0.1) is 0 Å². The molecule has 0 spiro atoms. The van der Waals surface area contributed by atoms with Gasteiger partial charge in [0.2, 0.25) is 0 Å². The largest absolute Gasteiger partial charge is 0.393 e. The quantitative estimate of drug-likeness (QED) is 0.427. The lowest BCUT2D eigenvalue weighted by molar-refractivity contribution is -0.205. The maximum Gasteiger partial charge on any atom is 0.178 e. The summed E-state index contributed by atoms with van der Waals surface area (Å²) in [7, 11) is 0. The predicted molar refractivity (Wildman–Crippen MR) is 163 cm³/mol. The van der Waals surface area contributed by atoms with Crippen LogP contribution in [0.25, 0.3) is 11.0 Å². The second kappa shape index (κ2) is 10.1. The molecule has 7 nitrogen and oxygen atoms in total. The third-order valence-electron chi connectivity index (χ3n) is 12.2. The molecule has 0 amide bonds. The summed E-state index contributed by atoms with van der Waals surface area (Å²) in [6, 6.07) is 7.76. The van der Waals surface area contributed by atoms with Crippen molar-refractivity contribution in [2.24, 2.45) is 34.5 Å². The van der Waals surface area contributed by atoms with Crippen molar-refractivity contribution in [3.63, 3.8) is 0 Å². The summed E-state index contributed by atoms with van der Waals surface area (Å²) in [5.74, 6) is 0.979. The zero-order valence-corrected chi connectivity index (χ0v) is 25.7. The number of hydrogen-bond donors (Lipinski definition) is 1. The standard InChI is InChI=1S/C35H40N2O5S/c1-33-14-13-22(38)15-21(33)11-12-23-24-16-29-35(34(24,2)17-27(39)31(23)33,42-32(41-29)20-7-3-4-8-20)28(40)19-43-30-18-36-25-9-5-6-10-26(25)37-30/h5-6,9-10,13-15,18,20,23-24,27,29,31-32,39H,3-4,7-8,11-12,16-17,19H2,1-2H3/t23?,24?,27?,29-,31?,32?,33?,34?,35-/m1/s1. The Hall–Kier alpha value is -2.39. The zero-order chi connectivity index (χ0) is 29.6. The van der Waals surface area contributed by atoms with Crippen LogP contribution >= 0.6 is 11.8 Å². The molecule has 1 aromatic heterocycles. The van der Waals surface area contributed by atoms with Gasteiger partial charge in [-0.25, -0.2) is 4.98 Å². The molecule has 7 unspecified atom stereocenters. The van der Waals surface area contributed by atoms with Gasteiger partial charge in [0.25, 0.3) is 0 Å². The molecule has 2 aromatic rings. The second-order valence-corrected chi connectivity index (χ2v) is 15.2. The number of ether oxygens (including phenoxy) is 2. The van der Waals surface area contributed by atoms with Crippen molar-refractivity contribution >= 4 is 34.4 Å². The highest BCUT2D eigenvalue weighted by molar-refractivity contribution is 7.99. The Morgan fingerprint density at radius 2 is 1.93 bits per heavy atom. The zero-order valence-electron chi connectivity index (χ0n) is 24.9. The number of carbonyl (C=O) groups excluding carboxylic acids is 2. The van der Waals surface area contributed by atoms with E-state index >= 15 is 0 Å². The van der Waals surface area contributed by atoms with E-state index in [9.17, 15) is 14.7 Å². The highest BCUT2D eigenvalue weighted by Gasteiger charge is 2.76. The molecular weight excluding hydrogens is 560 g/mol. The van der Waals surface area contributed by atoms with Gasteiger partial charge in [0, 0.05) is 22.7 Å². The van der Waals surface area contributed by atoms with Gasteiger partial charge in [-0.05, 0) is 74.6 Å². The molecule has 8 heteroatoms. The third-order valence-corrected chi connectivity index (χ3v) is 13.1. The number of carbonyl (C=O) groups is 2.